The smallest absolute Gasteiger partial charge is 0.125 e. The van der Waals surface area contributed by atoms with Gasteiger partial charge in [-0.05, 0) is 31.9 Å². The molecule has 0 heterocycles. The summed E-state index contributed by atoms with van der Waals surface area (Å²) in [6, 6.07) is 4.20. The molecule has 0 atom stereocenters. The molecular formula is C12H17NO2. The average Bonchev–Trinajstić information content (AvgIpc) is 2.15. The first-order valence-electron chi connectivity index (χ1n) is 5.15. The van der Waals surface area contributed by atoms with Gasteiger partial charge in [0.2, 0.25) is 0 Å². The lowest BCUT2D eigenvalue weighted by Gasteiger charge is -2.12. The molecule has 0 N–H and O–H groups in total. The fraction of sp³-hybridized carbons (Fsp3) is 0.500. The van der Waals surface area contributed by atoms with Crippen molar-refractivity contribution in [3.05, 3.63) is 33.7 Å². The monoisotopic (exact) mass is 207 g/mol. The zero-order valence-corrected chi connectivity index (χ0v) is 9.54. The molecule has 0 bridgehead atoms. The Morgan fingerprint density at radius 3 is 2.33 bits per heavy atom. The number of benzene rings is 1. The second-order valence-electron chi connectivity index (χ2n) is 3.78. The Kier molecular flexibility index (Phi) is 4.28. The number of aryl methyl sites for hydroxylation is 3. The van der Waals surface area contributed by atoms with Crippen LogP contribution in [0.4, 0.5) is 0 Å². The molecule has 1 aromatic rings. The zero-order chi connectivity index (χ0) is 11.3. The van der Waals surface area contributed by atoms with E-state index in [-0.39, 0.29) is 0 Å². The zero-order valence-electron chi connectivity index (χ0n) is 9.54. The van der Waals surface area contributed by atoms with Crippen molar-refractivity contribution in [2.24, 2.45) is 5.18 Å². The van der Waals surface area contributed by atoms with E-state index in [1.54, 1.807) is 0 Å². The minimum absolute atomic E-state index is 0.323. The summed E-state index contributed by atoms with van der Waals surface area (Å²) in [5.41, 5.74) is 3.53. The van der Waals surface area contributed by atoms with Crippen molar-refractivity contribution in [2.45, 2.75) is 27.2 Å². The maximum Gasteiger partial charge on any atom is 0.125 e. The number of nitroso groups, excluding NO2 is 1. The molecule has 0 saturated carbocycles. The lowest BCUT2D eigenvalue weighted by atomic mass is 10.1. The third-order valence-electron chi connectivity index (χ3n) is 2.24. The first kappa shape index (κ1) is 11.7. The SMILES string of the molecule is Cc1cc(C)c(OCCCN=O)c(C)c1. The summed E-state index contributed by atoms with van der Waals surface area (Å²) in [4.78, 5) is 9.89. The van der Waals surface area contributed by atoms with Gasteiger partial charge in [0.15, 0.2) is 0 Å². The van der Waals surface area contributed by atoms with Crippen molar-refractivity contribution in [3.63, 3.8) is 0 Å². The van der Waals surface area contributed by atoms with E-state index < -0.39 is 0 Å². The maximum atomic E-state index is 9.89. The molecule has 1 aromatic carbocycles. The molecule has 3 nitrogen and oxygen atoms in total. The van der Waals surface area contributed by atoms with E-state index >= 15 is 0 Å². The van der Waals surface area contributed by atoms with Crippen LogP contribution in [0.5, 0.6) is 5.75 Å². The lowest BCUT2D eigenvalue weighted by molar-refractivity contribution is 0.309. The van der Waals surface area contributed by atoms with Crippen molar-refractivity contribution < 1.29 is 4.74 Å². The molecule has 0 aliphatic carbocycles. The average molecular weight is 207 g/mol. The van der Waals surface area contributed by atoms with Crippen LogP contribution in [0.2, 0.25) is 0 Å². The number of nitrogens with zero attached hydrogens (tertiary/aromatic N) is 1. The first-order valence-corrected chi connectivity index (χ1v) is 5.15. The molecule has 0 spiro atoms. The molecule has 0 amide bonds. The third kappa shape index (κ3) is 3.35. The van der Waals surface area contributed by atoms with Gasteiger partial charge in [-0.3, -0.25) is 0 Å². The van der Waals surface area contributed by atoms with E-state index in [2.05, 4.69) is 24.2 Å². The summed E-state index contributed by atoms with van der Waals surface area (Å²) in [7, 11) is 0. The highest BCUT2D eigenvalue weighted by atomic mass is 16.5. The van der Waals surface area contributed by atoms with Crippen LogP contribution in [-0.4, -0.2) is 13.2 Å². The number of hydrogen-bond acceptors (Lipinski definition) is 3. The predicted octanol–water partition coefficient (Wildman–Crippen LogP) is 3.15. The molecule has 3 heteroatoms. The molecule has 0 aromatic heterocycles. The highest BCUT2D eigenvalue weighted by Gasteiger charge is 2.04. The van der Waals surface area contributed by atoms with E-state index in [0.29, 0.717) is 19.6 Å². The molecule has 0 fully saturated rings. The van der Waals surface area contributed by atoms with Gasteiger partial charge in [-0.1, -0.05) is 22.9 Å². The van der Waals surface area contributed by atoms with E-state index in [1.165, 1.54) is 5.56 Å². The summed E-state index contributed by atoms with van der Waals surface area (Å²) >= 11 is 0. The molecule has 0 aliphatic heterocycles. The normalized spacial score (nSPS) is 10.1. The van der Waals surface area contributed by atoms with Gasteiger partial charge in [-0.15, -0.1) is 0 Å². The van der Waals surface area contributed by atoms with Gasteiger partial charge in [0.05, 0.1) is 13.2 Å². The fourth-order valence-corrected chi connectivity index (χ4v) is 1.70. The van der Waals surface area contributed by atoms with E-state index in [4.69, 9.17) is 4.74 Å². The second-order valence-corrected chi connectivity index (χ2v) is 3.78. The molecule has 82 valence electrons. The first-order chi connectivity index (χ1) is 7.15. The Morgan fingerprint density at radius 1 is 1.20 bits per heavy atom. The largest absolute Gasteiger partial charge is 0.493 e. The Bertz CT molecular complexity index is 324. The van der Waals surface area contributed by atoms with E-state index in [9.17, 15) is 4.91 Å². The quantitative estimate of drug-likeness (QED) is 0.549. The van der Waals surface area contributed by atoms with Crippen molar-refractivity contribution in [2.75, 3.05) is 13.2 Å². The molecule has 0 saturated heterocycles. The van der Waals surface area contributed by atoms with Crippen LogP contribution < -0.4 is 4.74 Å². The summed E-state index contributed by atoms with van der Waals surface area (Å²) in [5, 5.41) is 2.80. The Hall–Kier alpha value is -1.38. The van der Waals surface area contributed by atoms with Crippen LogP contribution in [0.3, 0.4) is 0 Å². The fourth-order valence-electron chi connectivity index (χ4n) is 1.70. The maximum absolute atomic E-state index is 9.89. The van der Waals surface area contributed by atoms with Crippen LogP contribution in [0.15, 0.2) is 17.3 Å². The molecule has 0 aliphatic rings. The Balaban J connectivity index is 2.64. The molecular weight excluding hydrogens is 190 g/mol. The Morgan fingerprint density at radius 2 is 1.80 bits per heavy atom. The predicted molar refractivity (Wildman–Crippen MR) is 61.4 cm³/mol. The molecule has 0 radical (unpaired) electrons. The standard InChI is InChI=1S/C12H17NO2/c1-9-7-10(2)12(11(3)8-9)15-6-4-5-13-14/h7-8H,4-6H2,1-3H3. The van der Waals surface area contributed by atoms with Gasteiger partial charge < -0.3 is 4.74 Å². The van der Waals surface area contributed by atoms with E-state index in [1.807, 2.05) is 13.8 Å². The topological polar surface area (TPSA) is 38.7 Å². The molecule has 15 heavy (non-hydrogen) atoms. The summed E-state index contributed by atoms with van der Waals surface area (Å²) in [5.74, 6) is 0.937. The highest BCUT2D eigenvalue weighted by Crippen LogP contribution is 2.24. The summed E-state index contributed by atoms with van der Waals surface area (Å²) < 4.78 is 5.63. The Labute approximate surface area is 90.4 Å². The van der Waals surface area contributed by atoms with Crippen LogP contribution >= 0.6 is 0 Å². The van der Waals surface area contributed by atoms with Gasteiger partial charge in [0.1, 0.15) is 5.75 Å². The van der Waals surface area contributed by atoms with Crippen LogP contribution in [0.25, 0.3) is 0 Å². The van der Waals surface area contributed by atoms with Gasteiger partial charge in [-0.2, -0.15) is 4.91 Å². The minimum Gasteiger partial charge on any atom is -0.493 e. The van der Waals surface area contributed by atoms with Crippen molar-refractivity contribution in [1.29, 1.82) is 0 Å². The number of rotatable bonds is 5. The van der Waals surface area contributed by atoms with Crippen LogP contribution in [0.1, 0.15) is 23.1 Å². The van der Waals surface area contributed by atoms with Crippen LogP contribution in [-0.2, 0) is 0 Å². The number of ether oxygens (including phenoxy) is 1. The molecule has 1 rings (SSSR count). The van der Waals surface area contributed by atoms with Gasteiger partial charge in [0.25, 0.3) is 0 Å². The second kappa shape index (κ2) is 5.49. The summed E-state index contributed by atoms with van der Waals surface area (Å²) in [6.07, 6.45) is 0.677. The van der Waals surface area contributed by atoms with Crippen molar-refractivity contribution >= 4 is 0 Å². The third-order valence-corrected chi connectivity index (χ3v) is 2.24. The van der Waals surface area contributed by atoms with Crippen molar-refractivity contribution in [3.8, 4) is 5.75 Å². The van der Waals surface area contributed by atoms with Gasteiger partial charge >= 0.3 is 0 Å². The summed E-state index contributed by atoms with van der Waals surface area (Å²) in [6.45, 7) is 7.02. The minimum atomic E-state index is 0.323. The van der Waals surface area contributed by atoms with Crippen molar-refractivity contribution in [1.82, 2.24) is 0 Å². The van der Waals surface area contributed by atoms with Gasteiger partial charge in [0, 0.05) is 6.42 Å². The highest BCUT2D eigenvalue weighted by molar-refractivity contribution is 5.42. The molecule has 0 unspecified atom stereocenters. The van der Waals surface area contributed by atoms with Crippen LogP contribution in [0, 0.1) is 25.7 Å². The van der Waals surface area contributed by atoms with Gasteiger partial charge in [-0.25, -0.2) is 0 Å². The lowest BCUT2D eigenvalue weighted by Crippen LogP contribution is -2.02. The van der Waals surface area contributed by atoms with E-state index in [0.717, 1.165) is 16.9 Å². The number of hydrogen-bond donors (Lipinski definition) is 0.